The number of aromatic nitrogens is 1. The van der Waals surface area contributed by atoms with Crippen LogP contribution in [0.1, 0.15) is 39.7 Å². The Morgan fingerprint density at radius 2 is 1.83 bits per heavy atom. The molecule has 2 aromatic carbocycles. The minimum atomic E-state index is -0.774. The van der Waals surface area contributed by atoms with Crippen molar-refractivity contribution in [3.8, 4) is 0 Å². The molecule has 0 saturated heterocycles. The van der Waals surface area contributed by atoms with Crippen molar-refractivity contribution in [3.63, 3.8) is 0 Å². The highest BCUT2D eigenvalue weighted by molar-refractivity contribution is 7.18. The normalized spacial score (nSPS) is 13.7. The lowest BCUT2D eigenvalue weighted by atomic mass is 10.0. The molecule has 154 valence electrons. The van der Waals surface area contributed by atoms with Gasteiger partial charge in [0.2, 0.25) is 11.7 Å². The van der Waals surface area contributed by atoms with Gasteiger partial charge in [0.15, 0.2) is 5.13 Å². The third kappa shape index (κ3) is 3.66. The second kappa shape index (κ2) is 7.87. The molecule has 0 radical (unpaired) electrons. The van der Waals surface area contributed by atoms with Gasteiger partial charge in [-0.1, -0.05) is 23.5 Å². The molecule has 6 nitrogen and oxygen atoms in total. The third-order valence-electron chi connectivity index (χ3n) is 5.32. The molecule has 0 fully saturated rings. The van der Waals surface area contributed by atoms with E-state index in [4.69, 9.17) is 11.5 Å². The average molecular weight is 425 g/mol. The van der Waals surface area contributed by atoms with Crippen molar-refractivity contribution in [1.29, 1.82) is 0 Å². The number of hydrogen-bond acceptors (Lipinski definition) is 6. The fourth-order valence-corrected chi connectivity index (χ4v) is 4.71. The Hall–Kier alpha value is -3.26. The van der Waals surface area contributed by atoms with Crippen molar-refractivity contribution in [2.24, 2.45) is 5.73 Å². The summed E-state index contributed by atoms with van der Waals surface area (Å²) in [5.74, 6) is -1.11. The Balaban J connectivity index is 1.72. The Kier molecular flexibility index (Phi) is 5.26. The van der Waals surface area contributed by atoms with Crippen LogP contribution in [0.4, 0.5) is 21.0 Å². The summed E-state index contributed by atoms with van der Waals surface area (Å²) in [6.45, 7) is 1.62. The first kappa shape index (κ1) is 20.0. The van der Waals surface area contributed by atoms with Gasteiger partial charge in [0, 0.05) is 11.3 Å². The van der Waals surface area contributed by atoms with Crippen molar-refractivity contribution in [3.05, 3.63) is 69.8 Å². The molecule has 1 heterocycles. The monoisotopic (exact) mass is 424 g/mol. The van der Waals surface area contributed by atoms with E-state index < -0.39 is 17.8 Å². The molecule has 1 amide bonds. The molecule has 30 heavy (non-hydrogen) atoms. The number of amides is 1. The first-order valence-electron chi connectivity index (χ1n) is 9.62. The molecular formula is C22H21FN4O2S. The smallest absolute Gasteiger partial charge is 0.240 e. The van der Waals surface area contributed by atoms with E-state index in [9.17, 15) is 14.0 Å². The van der Waals surface area contributed by atoms with Crippen molar-refractivity contribution in [1.82, 2.24) is 4.98 Å². The summed E-state index contributed by atoms with van der Waals surface area (Å²) in [5, 5.41) is 0.343. The number of fused-ring (bicyclic) bond motifs is 1. The van der Waals surface area contributed by atoms with Crippen LogP contribution in [-0.2, 0) is 17.6 Å². The fourth-order valence-electron chi connectivity index (χ4n) is 3.66. The van der Waals surface area contributed by atoms with Gasteiger partial charge in [-0.15, -0.1) is 0 Å². The molecule has 1 aliphatic rings. The molecule has 0 bridgehead atoms. The topological polar surface area (TPSA) is 102 Å². The number of halogens is 1. The SMILES string of the molecule is C[C@H](C(N)=O)N(c1ccc(F)cc1)c1nc(N)c(C(=O)c2ccc3c(c2)CCC3)s1. The number of benzene rings is 2. The number of nitrogen functional groups attached to an aromatic ring is 1. The number of rotatable bonds is 6. The highest BCUT2D eigenvalue weighted by atomic mass is 32.1. The number of hydrogen-bond donors (Lipinski definition) is 2. The van der Waals surface area contributed by atoms with Crippen LogP contribution < -0.4 is 16.4 Å². The van der Waals surface area contributed by atoms with Crippen LogP contribution in [0.3, 0.4) is 0 Å². The molecule has 4 N–H and O–H groups in total. The number of ketones is 1. The lowest BCUT2D eigenvalue weighted by Crippen LogP contribution is -2.39. The maximum atomic E-state index is 13.4. The quantitative estimate of drug-likeness (QED) is 0.589. The highest BCUT2D eigenvalue weighted by Gasteiger charge is 2.27. The first-order chi connectivity index (χ1) is 14.3. The summed E-state index contributed by atoms with van der Waals surface area (Å²) >= 11 is 1.09. The summed E-state index contributed by atoms with van der Waals surface area (Å²) in [6, 6.07) is 10.6. The molecule has 0 aliphatic heterocycles. The van der Waals surface area contributed by atoms with E-state index in [1.54, 1.807) is 11.8 Å². The zero-order valence-electron chi connectivity index (χ0n) is 16.4. The minimum Gasteiger partial charge on any atom is -0.382 e. The van der Waals surface area contributed by atoms with Crippen LogP contribution in [0.2, 0.25) is 0 Å². The third-order valence-corrected chi connectivity index (χ3v) is 6.39. The van der Waals surface area contributed by atoms with E-state index >= 15 is 0 Å². The zero-order chi connectivity index (χ0) is 21.4. The van der Waals surface area contributed by atoms with Crippen LogP contribution in [0.25, 0.3) is 0 Å². The number of anilines is 3. The molecular weight excluding hydrogens is 403 g/mol. The molecule has 8 heteroatoms. The summed E-state index contributed by atoms with van der Waals surface area (Å²) < 4.78 is 13.4. The van der Waals surface area contributed by atoms with Crippen LogP contribution in [0, 0.1) is 5.82 Å². The number of nitrogens with two attached hydrogens (primary N) is 2. The maximum Gasteiger partial charge on any atom is 0.240 e. The standard InChI is InChI=1S/C22H21FN4O2S/c1-12(21(25)29)27(17-9-7-16(23)8-10-17)22-26-20(24)19(30-22)18(28)15-6-5-13-3-2-4-14(13)11-15/h5-12H,2-4,24H2,1H3,(H2,25,29)/t12-/m1/s1. The number of thiazole rings is 1. The second-order valence-electron chi connectivity index (χ2n) is 7.30. The van der Waals surface area contributed by atoms with E-state index in [0.717, 1.165) is 30.6 Å². The Morgan fingerprint density at radius 3 is 2.53 bits per heavy atom. The number of nitrogens with zero attached hydrogens (tertiary/aromatic N) is 2. The molecule has 3 aromatic rings. The molecule has 0 saturated carbocycles. The largest absolute Gasteiger partial charge is 0.382 e. The van der Waals surface area contributed by atoms with E-state index in [0.29, 0.717) is 21.3 Å². The number of carbonyl (C=O) groups excluding carboxylic acids is 2. The highest BCUT2D eigenvalue weighted by Crippen LogP contribution is 2.36. The summed E-state index contributed by atoms with van der Waals surface area (Å²) in [5.41, 5.74) is 15.2. The van der Waals surface area contributed by atoms with Gasteiger partial charge in [-0.2, -0.15) is 0 Å². The summed E-state index contributed by atoms with van der Waals surface area (Å²) in [7, 11) is 0. The van der Waals surface area contributed by atoms with Crippen molar-refractivity contribution < 1.29 is 14.0 Å². The van der Waals surface area contributed by atoms with Crippen LogP contribution >= 0.6 is 11.3 Å². The van der Waals surface area contributed by atoms with Crippen LogP contribution in [0.5, 0.6) is 0 Å². The molecule has 4 rings (SSSR count). The second-order valence-corrected chi connectivity index (χ2v) is 8.28. The number of carbonyl (C=O) groups is 2. The van der Waals surface area contributed by atoms with Crippen molar-refractivity contribution in [2.45, 2.75) is 32.2 Å². The van der Waals surface area contributed by atoms with Gasteiger partial charge in [0.1, 0.15) is 22.6 Å². The lowest BCUT2D eigenvalue weighted by molar-refractivity contribution is -0.118. The van der Waals surface area contributed by atoms with E-state index in [2.05, 4.69) is 4.98 Å². The molecule has 1 aromatic heterocycles. The Labute approximate surface area is 177 Å². The predicted molar refractivity (Wildman–Crippen MR) is 116 cm³/mol. The number of aryl methyl sites for hydroxylation is 2. The lowest BCUT2D eigenvalue weighted by Gasteiger charge is -2.26. The number of primary amides is 1. The summed E-state index contributed by atoms with van der Waals surface area (Å²) in [6.07, 6.45) is 3.10. The average Bonchev–Trinajstić information content (AvgIpc) is 3.34. The Morgan fingerprint density at radius 1 is 1.13 bits per heavy atom. The van der Waals surface area contributed by atoms with Gasteiger partial charge < -0.3 is 16.4 Å². The van der Waals surface area contributed by atoms with Crippen molar-refractivity contribution in [2.75, 3.05) is 10.6 Å². The van der Waals surface area contributed by atoms with Crippen LogP contribution in [0.15, 0.2) is 42.5 Å². The molecule has 0 unspecified atom stereocenters. The van der Waals surface area contributed by atoms with E-state index in [1.807, 2.05) is 18.2 Å². The first-order valence-corrected chi connectivity index (χ1v) is 10.4. The Bertz CT molecular complexity index is 1130. The predicted octanol–water partition coefficient (Wildman–Crippen LogP) is 3.60. The van der Waals surface area contributed by atoms with Gasteiger partial charge in [-0.25, -0.2) is 9.37 Å². The fraction of sp³-hybridized carbons (Fsp3) is 0.227. The van der Waals surface area contributed by atoms with Crippen molar-refractivity contribution >= 4 is 39.7 Å². The van der Waals surface area contributed by atoms with Gasteiger partial charge in [0.25, 0.3) is 0 Å². The van der Waals surface area contributed by atoms with Gasteiger partial charge in [-0.05, 0) is 67.6 Å². The molecule has 1 atom stereocenters. The molecule has 0 spiro atoms. The van der Waals surface area contributed by atoms with E-state index in [1.165, 1.54) is 35.4 Å². The maximum absolute atomic E-state index is 13.4. The zero-order valence-corrected chi connectivity index (χ0v) is 17.2. The summed E-state index contributed by atoms with van der Waals surface area (Å²) in [4.78, 5) is 31.2. The van der Waals surface area contributed by atoms with Gasteiger partial charge >= 0.3 is 0 Å². The van der Waals surface area contributed by atoms with Crippen LogP contribution in [-0.4, -0.2) is 22.7 Å². The minimum absolute atomic E-state index is 0.0873. The van der Waals surface area contributed by atoms with E-state index in [-0.39, 0.29) is 11.6 Å². The van der Waals surface area contributed by atoms with Gasteiger partial charge in [-0.3, -0.25) is 9.59 Å². The van der Waals surface area contributed by atoms with Gasteiger partial charge in [0.05, 0.1) is 0 Å². The molecule has 1 aliphatic carbocycles.